The zero-order valence-electron chi connectivity index (χ0n) is 15.0. The molecule has 138 valence electrons. The van der Waals surface area contributed by atoms with E-state index in [1.807, 2.05) is 36.4 Å². The monoisotopic (exact) mass is 370 g/mol. The molecule has 2 N–H and O–H groups in total. The Balaban J connectivity index is 0.000000176. The number of ketones is 1. The van der Waals surface area contributed by atoms with Crippen molar-refractivity contribution in [1.29, 1.82) is 0 Å². The van der Waals surface area contributed by atoms with E-state index < -0.39 is 4.92 Å². The maximum atomic E-state index is 12.0. The number of carbonyl (C=O) groups excluding carboxylic acids is 1. The summed E-state index contributed by atoms with van der Waals surface area (Å²) in [6.07, 6.45) is 0. The van der Waals surface area contributed by atoms with E-state index in [0.29, 0.717) is 11.1 Å². The minimum absolute atomic E-state index is 0.0189. The zero-order valence-corrected chi connectivity index (χ0v) is 15.0. The van der Waals surface area contributed by atoms with E-state index in [9.17, 15) is 14.9 Å². The number of nitro groups is 1. The van der Waals surface area contributed by atoms with Crippen LogP contribution in [0.5, 0.6) is 0 Å². The predicted octanol–water partition coefficient (Wildman–Crippen LogP) is 5.25. The topological polar surface area (TPSA) is 86.2 Å². The van der Waals surface area contributed by atoms with Gasteiger partial charge in [-0.2, -0.15) is 0 Å². The van der Waals surface area contributed by atoms with Crippen molar-refractivity contribution in [2.75, 3.05) is 5.73 Å². The third-order valence-electron chi connectivity index (χ3n) is 4.20. The van der Waals surface area contributed by atoms with Crippen molar-refractivity contribution in [3.8, 4) is 0 Å². The Labute approximate surface area is 162 Å². The highest BCUT2D eigenvalue weighted by Crippen LogP contribution is 2.19. The molecule has 5 nitrogen and oxygen atoms in total. The fraction of sp³-hybridized carbons (Fsp3) is 0. The van der Waals surface area contributed by atoms with Crippen LogP contribution in [-0.2, 0) is 0 Å². The molecule has 0 spiro atoms. The summed E-state index contributed by atoms with van der Waals surface area (Å²) in [6.45, 7) is 0. The van der Waals surface area contributed by atoms with Gasteiger partial charge in [-0.1, -0.05) is 66.7 Å². The van der Waals surface area contributed by atoms with Gasteiger partial charge in [0.2, 0.25) is 0 Å². The highest BCUT2D eigenvalue weighted by atomic mass is 16.6. The number of nitrogen functional groups attached to an aromatic ring is 1. The van der Waals surface area contributed by atoms with Gasteiger partial charge in [-0.05, 0) is 23.6 Å². The molecular formula is C23H18N2O3. The van der Waals surface area contributed by atoms with E-state index in [1.54, 1.807) is 24.3 Å². The first kappa shape index (κ1) is 18.8. The molecule has 0 aliphatic carbocycles. The summed E-state index contributed by atoms with van der Waals surface area (Å²) in [5.74, 6) is -0.138. The lowest BCUT2D eigenvalue weighted by molar-refractivity contribution is -0.384. The van der Waals surface area contributed by atoms with Crippen LogP contribution in [-0.4, -0.2) is 10.7 Å². The van der Waals surface area contributed by atoms with Crippen molar-refractivity contribution in [2.45, 2.75) is 0 Å². The molecule has 0 saturated carbocycles. The fourth-order valence-corrected chi connectivity index (χ4v) is 2.74. The number of hydrogen-bond acceptors (Lipinski definition) is 4. The third-order valence-corrected chi connectivity index (χ3v) is 4.20. The molecule has 4 aromatic rings. The maximum absolute atomic E-state index is 12.0. The molecule has 0 bridgehead atoms. The van der Waals surface area contributed by atoms with E-state index in [-0.39, 0.29) is 11.5 Å². The van der Waals surface area contributed by atoms with Gasteiger partial charge in [-0.3, -0.25) is 14.9 Å². The summed E-state index contributed by atoms with van der Waals surface area (Å²) in [6, 6.07) is 28.5. The molecule has 0 aromatic heterocycles. The van der Waals surface area contributed by atoms with Crippen molar-refractivity contribution < 1.29 is 9.72 Å². The summed E-state index contributed by atoms with van der Waals surface area (Å²) < 4.78 is 0. The number of anilines is 1. The molecule has 0 amide bonds. The number of nitro benzene ring substituents is 1. The molecule has 0 radical (unpaired) electrons. The van der Waals surface area contributed by atoms with Crippen LogP contribution >= 0.6 is 0 Å². The highest BCUT2D eigenvalue weighted by Gasteiger charge is 2.10. The number of fused-ring (bicyclic) bond motifs is 1. The predicted molar refractivity (Wildman–Crippen MR) is 111 cm³/mol. The van der Waals surface area contributed by atoms with E-state index in [4.69, 9.17) is 5.73 Å². The number of non-ortho nitro benzene ring substituents is 1. The van der Waals surface area contributed by atoms with E-state index >= 15 is 0 Å². The Hall–Kier alpha value is -3.99. The van der Waals surface area contributed by atoms with Gasteiger partial charge >= 0.3 is 0 Å². The van der Waals surface area contributed by atoms with Crippen molar-refractivity contribution in [2.24, 2.45) is 0 Å². The lowest BCUT2D eigenvalue weighted by Crippen LogP contribution is -2.00. The normalized spacial score (nSPS) is 10.0. The van der Waals surface area contributed by atoms with Crippen LogP contribution in [0.1, 0.15) is 15.9 Å². The molecule has 0 unspecified atom stereocenters. The largest absolute Gasteiger partial charge is 0.398 e. The first-order valence-corrected chi connectivity index (χ1v) is 8.63. The second-order valence-corrected chi connectivity index (χ2v) is 6.07. The smallest absolute Gasteiger partial charge is 0.269 e. The quantitative estimate of drug-likeness (QED) is 0.231. The molecule has 4 aromatic carbocycles. The lowest BCUT2D eigenvalue weighted by atomic mass is 10.0. The summed E-state index contributed by atoms with van der Waals surface area (Å²) in [5.41, 5.74) is 7.60. The number of benzene rings is 4. The standard InChI is InChI=1S/C13H9NO3.C10H9N/c15-13(10-4-2-1-3-5-10)11-6-8-12(9-7-11)14(16)17;11-10-7-3-5-8-4-1-2-6-9(8)10/h1-9H;1-7H,11H2. The van der Waals surface area contributed by atoms with Gasteiger partial charge in [0.15, 0.2) is 5.78 Å². The molecule has 5 heteroatoms. The van der Waals surface area contributed by atoms with Crippen molar-refractivity contribution in [1.82, 2.24) is 0 Å². The van der Waals surface area contributed by atoms with Crippen LogP contribution in [0.2, 0.25) is 0 Å². The first-order chi connectivity index (χ1) is 13.6. The molecule has 0 fully saturated rings. The molecular weight excluding hydrogens is 352 g/mol. The number of hydrogen-bond donors (Lipinski definition) is 1. The molecule has 28 heavy (non-hydrogen) atoms. The highest BCUT2D eigenvalue weighted by molar-refractivity contribution is 6.09. The van der Waals surface area contributed by atoms with Gasteiger partial charge in [0.1, 0.15) is 0 Å². The average molecular weight is 370 g/mol. The van der Waals surface area contributed by atoms with Gasteiger partial charge < -0.3 is 5.73 Å². The first-order valence-electron chi connectivity index (χ1n) is 8.63. The van der Waals surface area contributed by atoms with Crippen LogP contribution in [0.4, 0.5) is 11.4 Å². The van der Waals surface area contributed by atoms with Crippen molar-refractivity contribution >= 4 is 27.9 Å². The molecule has 0 saturated heterocycles. The minimum atomic E-state index is -0.489. The van der Waals surface area contributed by atoms with Crippen LogP contribution < -0.4 is 5.73 Å². The van der Waals surface area contributed by atoms with Crippen LogP contribution in [0.25, 0.3) is 10.8 Å². The molecule has 0 aliphatic rings. The van der Waals surface area contributed by atoms with Crippen LogP contribution in [0, 0.1) is 10.1 Å². The average Bonchev–Trinajstić information content (AvgIpc) is 2.75. The second-order valence-electron chi connectivity index (χ2n) is 6.07. The molecule has 0 atom stereocenters. The molecule has 0 heterocycles. The summed E-state index contributed by atoms with van der Waals surface area (Å²) >= 11 is 0. The minimum Gasteiger partial charge on any atom is -0.398 e. The van der Waals surface area contributed by atoms with Gasteiger partial charge in [0, 0.05) is 34.3 Å². The fourth-order valence-electron chi connectivity index (χ4n) is 2.74. The zero-order chi connectivity index (χ0) is 19.9. The van der Waals surface area contributed by atoms with E-state index in [1.165, 1.54) is 29.7 Å². The summed E-state index contributed by atoms with van der Waals surface area (Å²) in [7, 11) is 0. The Morgan fingerprint density at radius 3 is 1.93 bits per heavy atom. The van der Waals surface area contributed by atoms with Crippen LogP contribution in [0.15, 0.2) is 97.1 Å². The van der Waals surface area contributed by atoms with Crippen molar-refractivity contribution in [3.05, 3.63) is 118 Å². The summed E-state index contributed by atoms with van der Waals surface area (Å²) in [5, 5.41) is 12.8. The third kappa shape index (κ3) is 4.40. The Bertz CT molecular complexity index is 1100. The Kier molecular flexibility index (Phi) is 5.77. The molecule has 0 aliphatic heterocycles. The summed E-state index contributed by atoms with van der Waals surface area (Å²) in [4.78, 5) is 21.9. The number of rotatable bonds is 3. The van der Waals surface area contributed by atoms with Crippen LogP contribution in [0.3, 0.4) is 0 Å². The Morgan fingerprint density at radius 1 is 0.714 bits per heavy atom. The van der Waals surface area contributed by atoms with Crippen molar-refractivity contribution in [3.63, 3.8) is 0 Å². The number of carbonyl (C=O) groups is 1. The number of nitrogens with two attached hydrogens (primary N) is 1. The van der Waals surface area contributed by atoms with E-state index in [0.717, 1.165) is 11.1 Å². The van der Waals surface area contributed by atoms with Gasteiger partial charge in [-0.15, -0.1) is 0 Å². The van der Waals surface area contributed by atoms with Gasteiger partial charge in [-0.25, -0.2) is 0 Å². The SMILES string of the molecule is Nc1cccc2ccccc12.O=C(c1ccccc1)c1ccc([N+](=O)[O-])cc1. The second kappa shape index (κ2) is 8.60. The van der Waals surface area contributed by atoms with Gasteiger partial charge in [0.25, 0.3) is 5.69 Å². The van der Waals surface area contributed by atoms with E-state index in [2.05, 4.69) is 12.1 Å². The number of nitrogens with zero attached hydrogens (tertiary/aromatic N) is 1. The maximum Gasteiger partial charge on any atom is 0.269 e. The Morgan fingerprint density at radius 2 is 1.29 bits per heavy atom. The lowest BCUT2D eigenvalue weighted by Gasteiger charge is -2.00. The van der Waals surface area contributed by atoms with Gasteiger partial charge in [0.05, 0.1) is 4.92 Å². The molecule has 4 rings (SSSR count).